The number of hydrogen-bond donors (Lipinski definition) is 4. The summed E-state index contributed by atoms with van der Waals surface area (Å²) in [7, 11) is -4.61. The first-order valence-corrected chi connectivity index (χ1v) is 2.68. The van der Waals surface area contributed by atoms with E-state index >= 15 is 0 Å². The van der Waals surface area contributed by atoms with E-state index in [2.05, 4.69) is 0 Å². The minimum atomic E-state index is -4.61. The second kappa shape index (κ2) is 9.71. The van der Waals surface area contributed by atoms with Gasteiger partial charge in [0.05, 0.1) is 0 Å². The quantitative estimate of drug-likeness (QED) is 0.316. The third-order valence-corrected chi connectivity index (χ3v) is 0. The molecule has 0 aromatic rings. The molecule has 0 saturated heterocycles. The van der Waals surface area contributed by atoms with Gasteiger partial charge >= 0.3 is 69.8 Å². The smallest absolute Gasteiger partial charge is 0 e. The van der Waals surface area contributed by atoms with E-state index < -0.39 is 9.05 Å². The van der Waals surface area contributed by atoms with Gasteiger partial charge < -0.3 is 19.2 Å². The summed E-state index contributed by atoms with van der Waals surface area (Å²) in [6, 6.07) is 0. The minimum Gasteiger partial charge on any atom is 0 e. The van der Waals surface area contributed by atoms with Crippen LogP contribution in [0.5, 0.6) is 0 Å². The van der Waals surface area contributed by atoms with E-state index in [4.69, 9.17) is 19.2 Å². The summed E-state index contributed by atoms with van der Waals surface area (Å²) in [6.07, 6.45) is 0. The van der Waals surface area contributed by atoms with Crippen LogP contribution in [0.25, 0.3) is 0 Å². The Morgan fingerprint density at radius 1 is 0.875 bits per heavy atom. The summed E-state index contributed by atoms with van der Waals surface area (Å²) in [5.41, 5.74) is 0. The van der Waals surface area contributed by atoms with Crippen molar-refractivity contribution >= 4 is 69.8 Å². The van der Waals surface area contributed by atoms with E-state index in [9.17, 15) is 0 Å². The van der Waals surface area contributed by atoms with Gasteiger partial charge in [-0.15, -0.1) is 0 Å². The van der Waals surface area contributed by atoms with Crippen LogP contribution in [-0.2, 0) is 19.5 Å². The van der Waals surface area contributed by atoms with Gasteiger partial charge in [-0.25, -0.2) is 0 Å². The zero-order valence-corrected chi connectivity index (χ0v) is 6.96. The van der Waals surface area contributed by atoms with Crippen molar-refractivity contribution in [3.05, 3.63) is 0 Å². The Hall–Kier alpha value is 2.71. The molecule has 4 nitrogen and oxygen atoms in total. The van der Waals surface area contributed by atoms with Crippen molar-refractivity contribution in [3.63, 3.8) is 0 Å². The molecule has 42 valence electrons. The fourth-order valence-electron chi connectivity index (χ4n) is 0. The van der Waals surface area contributed by atoms with Gasteiger partial charge in [-0.3, -0.25) is 0 Å². The maximum Gasteiger partial charge on any atom is 0.316 e. The first-order valence-electron chi connectivity index (χ1n) is 0.894. The summed E-state index contributed by atoms with van der Waals surface area (Å²) < 4.78 is 0. The van der Waals surface area contributed by atoms with Gasteiger partial charge in [-0.1, -0.05) is 0 Å². The molecule has 0 fully saturated rings. The van der Waals surface area contributed by atoms with Gasteiger partial charge in [-0.05, 0) is 0 Å². The van der Waals surface area contributed by atoms with Gasteiger partial charge in [-0.2, -0.15) is 0 Å². The van der Waals surface area contributed by atoms with Crippen LogP contribution in [0.4, 0.5) is 0 Å². The Bertz CT molecular complexity index is 31.5. The summed E-state index contributed by atoms with van der Waals surface area (Å²) in [4.78, 5) is 29.3. The Balaban J connectivity index is -0.0000000267. The molecule has 8 heteroatoms. The molecule has 0 bridgehead atoms. The molecule has 8 heavy (non-hydrogen) atoms. The van der Waals surface area contributed by atoms with Gasteiger partial charge in [0.1, 0.15) is 0 Å². The Morgan fingerprint density at radius 3 is 0.875 bits per heavy atom. The van der Waals surface area contributed by atoms with Crippen LogP contribution < -0.4 is 0 Å². The second-order valence-electron chi connectivity index (χ2n) is 0.600. The van der Waals surface area contributed by atoms with Crippen molar-refractivity contribution < 1.29 is 38.7 Å². The molecule has 4 N–H and O–H groups in total. The first kappa shape index (κ1) is 22.4. The van der Waals surface area contributed by atoms with Gasteiger partial charge in [0.25, 0.3) is 0 Å². The van der Waals surface area contributed by atoms with Crippen molar-refractivity contribution in [2.75, 3.05) is 0 Å². The van der Waals surface area contributed by atoms with Gasteiger partial charge in [0, 0.05) is 19.5 Å². The third-order valence-electron chi connectivity index (χ3n) is 0. The van der Waals surface area contributed by atoms with Gasteiger partial charge in [0.15, 0.2) is 0 Å². The normalized spacial score (nSPS) is 7.50. The molecule has 0 amide bonds. The zero-order valence-electron chi connectivity index (χ0n) is 3.00. The number of hydrogen-bond acceptors (Lipinski definition) is 4. The minimum absolute atomic E-state index is 0. The van der Waals surface area contributed by atoms with Gasteiger partial charge in [0.2, 0.25) is 0 Å². The molecule has 0 rings (SSSR count). The number of rotatable bonds is 0. The average molecular weight is 230 g/mol. The molecule has 0 aromatic heterocycles. The standard InChI is InChI=1S/Ca.Mg.H4O4Si.Zn.4H/c;;1-5(2,3)4;;;;;/h;;1-4H;;;;;. The van der Waals surface area contributed by atoms with Crippen molar-refractivity contribution in [1.82, 2.24) is 0 Å². The first-order chi connectivity index (χ1) is 2.00. The largest absolute Gasteiger partial charge is 0.316 e. The van der Waals surface area contributed by atoms with E-state index in [1.54, 1.807) is 0 Å². The summed E-state index contributed by atoms with van der Waals surface area (Å²) in [6.45, 7) is 0. The molecule has 0 atom stereocenters. The van der Waals surface area contributed by atoms with E-state index in [1.807, 2.05) is 0 Å². The molecule has 0 heterocycles. The zero-order chi connectivity index (χ0) is 4.50. The topological polar surface area (TPSA) is 80.9 Å². The van der Waals surface area contributed by atoms with Crippen LogP contribution in [0, 0.1) is 0 Å². The van der Waals surface area contributed by atoms with Crippen molar-refractivity contribution in [3.8, 4) is 0 Å². The van der Waals surface area contributed by atoms with Crippen LogP contribution in [-0.4, -0.2) is 89.0 Å². The van der Waals surface area contributed by atoms with Crippen molar-refractivity contribution in [1.29, 1.82) is 0 Å². The molecule has 0 saturated carbocycles. The fraction of sp³-hybridized carbons (Fsp3) is 0. The van der Waals surface area contributed by atoms with Crippen LogP contribution in [0.15, 0.2) is 0 Å². The Kier molecular flexibility index (Phi) is 27.2. The summed E-state index contributed by atoms with van der Waals surface area (Å²) in [5, 5.41) is 0. The molecule has 0 aliphatic heterocycles. The van der Waals surface area contributed by atoms with E-state index in [0.29, 0.717) is 0 Å². The maximum absolute atomic E-state index is 7.33. The van der Waals surface area contributed by atoms with Crippen LogP contribution in [0.1, 0.15) is 0 Å². The van der Waals surface area contributed by atoms with E-state index in [1.165, 1.54) is 0 Å². The summed E-state index contributed by atoms with van der Waals surface area (Å²) in [5.74, 6) is 0. The molecule has 0 aliphatic carbocycles. The second-order valence-corrected chi connectivity index (χ2v) is 1.80. The Labute approximate surface area is 107 Å². The maximum atomic E-state index is 7.33. The molecule has 0 spiro atoms. The molecular formula is H8CaMgO4SiZn. The van der Waals surface area contributed by atoms with Crippen LogP contribution in [0.3, 0.4) is 0 Å². The summed E-state index contributed by atoms with van der Waals surface area (Å²) >= 11 is 0. The van der Waals surface area contributed by atoms with Crippen LogP contribution in [0.2, 0.25) is 0 Å². The molecule has 0 aromatic carbocycles. The Morgan fingerprint density at radius 2 is 0.875 bits per heavy atom. The van der Waals surface area contributed by atoms with Crippen molar-refractivity contribution in [2.24, 2.45) is 0 Å². The molecule has 0 unspecified atom stereocenters. The molecule has 0 radical (unpaired) electrons. The van der Waals surface area contributed by atoms with Crippen LogP contribution >= 0.6 is 0 Å². The third kappa shape index (κ3) is 70.6. The SMILES string of the molecule is O[Si](O)(O)O.[CaH2].[MgH2].[Zn]. The monoisotopic (exact) mass is 228 g/mol. The predicted octanol–water partition coefficient (Wildman–Crippen LogP) is -4.44. The van der Waals surface area contributed by atoms with E-state index in [-0.39, 0.29) is 80.3 Å². The average Bonchev–Trinajstić information content (AvgIpc) is 0.722. The molecular weight excluding hydrogens is 222 g/mol. The fourth-order valence-corrected chi connectivity index (χ4v) is 0. The van der Waals surface area contributed by atoms with Crippen molar-refractivity contribution in [2.45, 2.75) is 0 Å². The predicted molar refractivity (Wildman–Crippen MR) is 31.7 cm³/mol. The van der Waals surface area contributed by atoms with E-state index in [0.717, 1.165) is 0 Å². The molecule has 0 aliphatic rings.